The molecule has 0 saturated carbocycles. The summed E-state index contributed by atoms with van der Waals surface area (Å²) in [5.41, 5.74) is 2.85. The van der Waals surface area contributed by atoms with Crippen LogP contribution in [-0.4, -0.2) is 19.0 Å². The summed E-state index contributed by atoms with van der Waals surface area (Å²) < 4.78 is 0. The van der Waals surface area contributed by atoms with E-state index in [4.69, 9.17) is 5.26 Å². The van der Waals surface area contributed by atoms with Crippen molar-refractivity contribution in [2.24, 2.45) is 0 Å². The smallest absolute Gasteiger partial charge is 0.278 e. The second kappa shape index (κ2) is 6.55. The molecule has 0 aromatic heterocycles. The summed E-state index contributed by atoms with van der Waals surface area (Å²) in [5.74, 6) is 0. The van der Waals surface area contributed by atoms with Crippen LogP contribution in [0.4, 0.5) is 11.4 Å². The van der Waals surface area contributed by atoms with Crippen LogP contribution in [0.3, 0.4) is 0 Å². The summed E-state index contributed by atoms with van der Waals surface area (Å²) in [4.78, 5) is 12.6. The zero-order valence-corrected chi connectivity index (χ0v) is 12.4. The lowest BCUT2D eigenvalue weighted by Gasteiger charge is -2.12. The molecule has 0 heterocycles. The minimum absolute atomic E-state index is 0.0658. The number of nitrogens with zero attached hydrogens (tertiary/aromatic N) is 3. The summed E-state index contributed by atoms with van der Waals surface area (Å²) in [6, 6.07) is 14.2. The molecule has 0 atom stereocenters. The third kappa shape index (κ3) is 3.49. The Kier molecular flexibility index (Phi) is 4.54. The minimum atomic E-state index is -0.383. The predicted octanol–water partition coefficient (Wildman–Crippen LogP) is 3.70. The third-order valence-electron chi connectivity index (χ3n) is 3.22. The van der Waals surface area contributed by atoms with Crippen molar-refractivity contribution >= 4 is 23.5 Å². The standard InChI is InChI=1S/C17H15N3O2/c1-19(2)16-10-9-15(17(11-16)20(21)22)8-7-13-3-5-14(12-18)6-4-13/h3-11H,1-2H3. The first-order valence-electron chi connectivity index (χ1n) is 6.65. The Bertz CT molecular complexity index is 756. The minimum Gasteiger partial charge on any atom is -0.377 e. The maximum Gasteiger partial charge on any atom is 0.278 e. The van der Waals surface area contributed by atoms with Crippen LogP contribution in [0.15, 0.2) is 42.5 Å². The van der Waals surface area contributed by atoms with E-state index in [0.29, 0.717) is 11.1 Å². The van der Waals surface area contributed by atoms with E-state index in [1.807, 2.05) is 25.1 Å². The van der Waals surface area contributed by atoms with Crippen molar-refractivity contribution in [1.82, 2.24) is 0 Å². The highest BCUT2D eigenvalue weighted by Gasteiger charge is 2.13. The van der Waals surface area contributed by atoms with Crippen LogP contribution in [0, 0.1) is 21.4 Å². The number of rotatable bonds is 4. The van der Waals surface area contributed by atoms with E-state index in [1.54, 1.807) is 48.6 Å². The van der Waals surface area contributed by atoms with Gasteiger partial charge in [-0.25, -0.2) is 0 Å². The average molecular weight is 293 g/mol. The maximum absolute atomic E-state index is 11.2. The molecule has 0 radical (unpaired) electrons. The highest BCUT2D eigenvalue weighted by molar-refractivity contribution is 5.76. The van der Waals surface area contributed by atoms with Crippen molar-refractivity contribution in [2.45, 2.75) is 0 Å². The zero-order valence-electron chi connectivity index (χ0n) is 12.4. The van der Waals surface area contributed by atoms with Crippen LogP contribution in [-0.2, 0) is 0 Å². The Labute approximate surface area is 128 Å². The summed E-state index contributed by atoms with van der Waals surface area (Å²) in [6.07, 6.45) is 3.50. The fourth-order valence-electron chi connectivity index (χ4n) is 1.96. The summed E-state index contributed by atoms with van der Waals surface area (Å²) in [7, 11) is 3.68. The van der Waals surface area contributed by atoms with Crippen LogP contribution in [0.2, 0.25) is 0 Å². The Morgan fingerprint density at radius 1 is 1.14 bits per heavy atom. The first-order valence-corrected chi connectivity index (χ1v) is 6.65. The van der Waals surface area contributed by atoms with Crippen LogP contribution >= 0.6 is 0 Å². The number of nitriles is 1. The van der Waals surface area contributed by atoms with Gasteiger partial charge in [0.2, 0.25) is 0 Å². The predicted molar refractivity (Wildman–Crippen MR) is 87.5 cm³/mol. The molecule has 5 heteroatoms. The lowest BCUT2D eigenvalue weighted by molar-refractivity contribution is -0.385. The molecule has 0 saturated heterocycles. The molecule has 0 fully saturated rings. The van der Waals surface area contributed by atoms with Crippen LogP contribution in [0.1, 0.15) is 16.7 Å². The van der Waals surface area contributed by atoms with E-state index in [9.17, 15) is 10.1 Å². The highest BCUT2D eigenvalue weighted by Crippen LogP contribution is 2.26. The average Bonchev–Trinajstić information content (AvgIpc) is 2.53. The number of hydrogen-bond acceptors (Lipinski definition) is 4. The summed E-state index contributed by atoms with van der Waals surface area (Å²) >= 11 is 0. The summed E-state index contributed by atoms with van der Waals surface area (Å²) in [5, 5.41) is 20.0. The normalized spacial score (nSPS) is 10.4. The van der Waals surface area contributed by atoms with E-state index in [0.717, 1.165) is 11.3 Å². The van der Waals surface area contributed by atoms with E-state index in [2.05, 4.69) is 6.07 Å². The lowest BCUT2D eigenvalue weighted by Crippen LogP contribution is -2.09. The second-order valence-corrected chi connectivity index (χ2v) is 4.96. The first-order chi connectivity index (χ1) is 10.5. The van der Waals surface area contributed by atoms with Gasteiger partial charge < -0.3 is 4.90 Å². The van der Waals surface area contributed by atoms with Crippen molar-refractivity contribution in [3.05, 3.63) is 69.3 Å². The quantitative estimate of drug-likeness (QED) is 0.489. The highest BCUT2D eigenvalue weighted by atomic mass is 16.6. The van der Waals surface area contributed by atoms with Crippen molar-refractivity contribution in [3.63, 3.8) is 0 Å². The maximum atomic E-state index is 11.2. The Morgan fingerprint density at radius 3 is 2.36 bits per heavy atom. The molecule has 2 rings (SSSR count). The Morgan fingerprint density at radius 2 is 1.82 bits per heavy atom. The molecule has 0 spiro atoms. The third-order valence-corrected chi connectivity index (χ3v) is 3.22. The van der Waals surface area contributed by atoms with Gasteiger partial charge in [0.15, 0.2) is 0 Å². The van der Waals surface area contributed by atoms with Crippen molar-refractivity contribution in [1.29, 1.82) is 5.26 Å². The zero-order chi connectivity index (χ0) is 16.1. The Balaban J connectivity index is 2.33. The van der Waals surface area contributed by atoms with Gasteiger partial charge in [-0.2, -0.15) is 5.26 Å². The van der Waals surface area contributed by atoms with E-state index in [1.165, 1.54) is 0 Å². The van der Waals surface area contributed by atoms with Gasteiger partial charge in [0.05, 0.1) is 22.1 Å². The molecule has 0 aliphatic heterocycles. The molecule has 2 aromatic carbocycles. The largest absolute Gasteiger partial charge is 0.377 e. The summed E-state index contributed by atoms with van der Waals surface area (Å²) in [6.45, 7) is 0. The SMILES string of the molecule is CN(C)c1ccc(C=Cc2ccc(C#N)cc2)c([N+](=O)[O-])c1. The van der Waals surface area contributed by atoms with Crippen LogP contribution in [0.5, 0.6) is 0 Å². The number of nitro benzene ring substituents is 1. The van der Waals surface area contributed by atoms with E-state index >= 15 is 0 Å². The first kappa shape index (κ1) is 15.3. The van der Waals surface area contributed by atoms with E-state index in [-0.39, 0.29) is 10.6 Å². The van der Waals surface area contributed by atoms with Gasteiger partial charge in [0.1, 0.15) is 0 Å². The van der Waals surface area contributed by atoms with Crippen molar-refractivity contribution in [2.75, 3.05) is 19.0 Å². The van der Waals surface area contributed by atoms with E-state index < -0.39 is 0 Å². The van der Waals surface area contributed by atoms with Gasteiger partial charge in [-0.05, 0) is 35.9 Å². The molecule has 0 aliphatic rings. The fraction of sp³-hybridized carbons (Fsp3) is 0.118. The molecule has 0 unspecified atom stereocenters. The Hall–Kier alpha value is -3.13. The van der Waals surface area contributed by atoms with Gasteiger partial charge in [0.25, 0.3) is 5.69 Å². The van der Waals surface area contributed by atoms with Gasteiger partial charge >= 0.3 is 0 Å². The monoisotopic (exact) mass is 293 g/mol. The molecule has 0 N–H and O–H groups in total. The van der Waals surface area contributed by atoms with Crippen LogP contribution in [0.25, 0.3) is 12.2 Å². The van der Waals surface area contributed by atoms with Gasteiger partial charge in [0, 0.05) is 25.8 Å². The molecular formula is C17H15N3O2. The molecule has 22 heavy (non-hydrogen) atoms. The van der Waals surface area contributed by atoms with Crippen molar-refractivity contribution < 1.29 is 4.92 Å². The van der Waals surface area contributed by atoms with Gasteiger partial charge in [-0.3, -0.25) is 10.1 Å². The van der Waals surface area contributed by atoms with Gasteiger partial charge in [-0.1, -0.05) is 18.2 Å². The van der Waals surface area contributed by atoms with Crippen LogP contribution < -0.4 is 4.90 Å². The molecule has 0 aliphatic carbocycles. The molecule has 110 valence electrons. The number of benzene rings is 2. The lowest BCUT2D eigenvalue weighted by atomic mass is 10.1. The molecular weight excluding hydrogens is 278 g/mol. The topological polar surface area (TPSA) is 70.2 Å². The number of hydrogen-bond donors (Lipinski definition) is 0. The van der Waals surface area contributed by atoms with Gasteiger partial charge in [-0.15, -0.1) is 0 Å². The van der Waals surface area contributed by atoms with Crippen molar-refractivity contribution in [3.8, 4) is 6.07 Å². The second-order valence-electron chi connectivity index (χ2n) is 4.96. The molecule has 0 amide bonds. The number of anilines is 1. The number of nitro groups is 1. The fourth-order valence-corrected chi connectivity index (χ4v) is 1.96. The molecule has 5 nitrogen and oxygen atoms in total. The molecule has 0 bridgehead atoms. The molecule has 2 aromatic rings.